The van der Waals surface area contributed by atoms with E-state index in [9.17, 15) is 0 Å². The summed E-state index contributed by atoms with van der Waals surface area (Å²) in [5.41, 5.74) is 11.3. The van der Waals surface area contributed by atoms with E-state index in [1.54, 1.807) is 0 Å². The zero-order valence-corrected chi connectivity index (χ0v) is 23.9. The Kier molecular flexibility index (Phi) is 5.14. The minimum atomic E-state index is 0.122. The quantitative estimate of drug-likeness (QED) is 0.206. The molecule has 1 heterocycles. The lowest BCUT2D eigenvalue weighted by Gasteiger charge is -2.42. The van der Waals surface area contributed by atoms with Gasteiger partial charge in [-0.2, -0.15) is 0 Å². The summed E-state index contributed by atoms with van der Waals surface area (Å²) in [6.45, 7) is 11.8. The van der Waals surface area contributed by atoms with E-state index in [0.29, 0.717) is 0 Å². The molecule has 5 aromatic carbocycles. The molecule has 0 atom stereocenters. The average molecular weight is 509 g/mol. The van der Waals surface area contributed by atoms with Crippen molar-refractivity contribution in [3.05, 3.63) is 113 Å². The zero-order chi connectivity index (χ0) is 27.1. The Bertz CT molecular complexity index is 1820. The first kappa shape index (κ1) is 24.2. The van der Waals surface area contributed by atoms with Gasteiger partial charge in [-0.25, -0.2) is 4.99 Å². The van der Waals surface area contributed by atoms with Crippen LogP contribution in [-0.2, 0) is 10.8 Å². The predicted molar refractivity (Wildman–Crippen MR) is 168 cm³/mol. The Hall–Kier alpha value is -3.91. The lowest BCUT2D eigenvalue weighted by atomic mass is 9.63. The highest BCUT2D eigenvalue weighted by Gasteiger charge is 2.39. The molecule has 1 aliphatic heterocycles. The second kappa shape index (κ2) is 8.29. The van der Waals surface area contributed by atoms with Crippen molar-refractivity contribution < 1.29 is 0 Å². The molecule has 2 heteroatoms. The van der Waals surface area contributed by atoms with Crippen LogP contribution in [0.15, 0.2) is 89.9 Å². The molecule has 2 nitrogen and oxygen atoms in total. The fourth-order valence-electron chi connectivity index (χ4n) is 6.88. The first-order valence-electron chi connectivity index (χ1n) is 14.2. The van der Waals surface area contributed by atoms with Gasteiger partial charge in [-0.15, -0.1) is 0 Å². The molecule has 7 rings (SSSR count). The van der Waals surface area contributed by atoms with E-state index in [1.165, 1.54) is 68.0 Å². The van der Waals surface area contributed by atoms with Crippen LogP contribution in [0.5, 0.6) is 0 Å². The minimum Gasteiger partial charge on any atom is -0.342 e. The number of anilines is 2. The van der Waals surface area contributed by atoms with Gasteiger partial charge >= 0.3 is 0 Å². The molecule has 0 unspecified atom stereocenters. The van der Waals surface area contributed by atoms with Gasteiger partial charge in [-0.1, -0.05) is 106 Å². The SMILES string of the molecule is Cc1ccc(C2=Nc3cc4c(cc3N(C)c3c2c2ccccc2c2ccccc32)C(C)(C)CCC4(C)C)cc1. The number of hydrogen-bond acceptors (Lipinski definition) is 2. The van der Waals surface area contributed by atoms with Crippen LogP contribution in [0.1, 0.15) is 68.4 Å². The molecule has 0 radical (unpaired) electrons. The average Bonchev–Trinajstić information content (AvgIpc) is 3.06. The molecule has 0 N–H and O–H groups in total. The monoisotopic (exact) mass is 508 g/mol. The van der Waals surface area contributed by atoms with E-state index >= 15 is 0 Å². The van der Waals surface area contributed by atoms with Crippen LogP contribution < -0.4 is 4.90 Å². The van der Waals surface area contributed by atoms with Crippen molar-refractivity contribution in [1.29, 1.82) is 0 Å². The predicted octanol–water partition coefficient (Wildman–Crippen LogP) is 9.90. The molecule has 0 aromatic heterocycles. The maximum absolute atomic E-state index is 5.58. The lowest BCUT2D eigenvalue weighted by Crippen LogP contribution is -2.34. The van der Waals surface area contributed by atoms with E-state index in [1.807, 2.05) is 0 Å². The Morgan fingerprint density at radius 2 is 1.21 bits per heavy atom. The molecule has 0 bridgehead atoms. The van der Waals surface area contributed by atoms with Crippen molar-refractivity contribution in [1.82, 2.24) is 0 Å². The Morgan fingerprint density at radius 1 is 0.667 bits per heavy atom. The van der Waals surface area contributed by atoms with Gasteiger partial charge in [-0.05, 0) is 70.0 Å². The highest BCUT2D eigenvalue weighted by atomic mass is 15.1. The number of nitrogens with zero attached hydrogens (tertiary/aromatic N) is 2. The maximum atomic E-state index is 5.58. The highest BCUT2D eigenvalue weighted by molar-refractivity contribution is 6.31. The van der Waals surface area contributed by atoms with E-state index in [4.69, 9.17) is 4.99 Å². The van der Waals surface area contributed by atoms with Gasteiger partial charge in [0.15, 0.2) is 0 Å². The number of aliphatic imine (C=N–C) groups is 1. The van der Waals surface area contributed by atoms with Crippen LogP contribution in [-0.4, -0.2) is 12.8 Å². The zero-order valence-electron chi connectivity index (χ0n) is 23.9. The summed E-state index contributed by atoms with van der Waals surface area (Å²) >= 11 is 0. The topological polar surface area (TPSA) is 15.6 Å². The van der Waals surface area contributed by atoms with E-state index in [-0.39, 0.29) is 10.8 Å². The molecule has 0 saturated carbocycles. The standard InChI is InChI=1S/C37H36N2/c1-23-15-17-24(18-16-23)34-33-27-13-9-7-11-25(27)26-12-8-10-14-28(26)35(33)39(6)32-22-30-29(21-31(32)38-34)36(2,3)19-20-37(30,4)5/h7-18,21-22H,19-20H2,1-6H3. The van der Waals surface area contributed by atoms with Crippen molar-refractivity contribution in [2.45, 2.75) is 58.3 Å². The maximum Gasteiger partial charge on any atom is 0.0877 e. The molecular formula is C37H36N2. The number of rotatable bonds is 1. The van der Waals surface area contributed by atoms with Crippen LogP contribution >= 0.6 is 0 Å². The fraction of sp³-hybridized carbons (Fsp3) is 0.270. The second-order valence-electron chi connectivity index (χ2n) is 12.9. The van der Waals surface area contributed by atoms with Crippen LogP contribution in [0.2, 0.25) is 0 Å². The molecule has 0 amide bonds. The van der Waals surface area contributed by atoms with Gasteiger partial charge in [0, 0.05) is 23.6 Å². The number of hydrogen-bond donors (Lipinski definition) is 0. The summed E-state index contributed by atoms with van der Waals surface area (Å²) in [5.74, 6) is 0. The van der Waals surface area contributed by atoms with Gasteiger partial charge in [0.1, 0.15) is 0 Å². The largest absolute Gasteiger partial charge is 0.342 e. The van der Waals surface area contributed by atoms with Gasteiger partial charge in [0.25, 0.3) is 0 Å². The van der Waals surface area contributed by atoms with Crippen molar-refractivity contribution in [2.75, 3.05) is 11.9 Å². The third-order valence-corrected chi connectivity index (χ3v) is 9.34. The van der Waals surface area contributed by atoms with Gasteiger partial charge in [-0.3, -0.25) is 0 Å². The molecule has 0 saturated heterocycles. The van der Waals surface area contributed by atoms with Gasteiger partial charge < -0.3 is 4.90 Å². The third kappa shape index (κ3) is 3.58. The molecular weight excluding hydrogens is 472 g/mol. The Balaban J connectivity index is 1.66. The summed E-state index contributed by atoms with van der Waals surface area (Å²) in [5, 5.41) is 5.06. The summed E-state index contributed by atoms with van der Waals surface area (Å²) in [6, 6.07) is 31.4. The van der Waals surface area contributed by atoms with Crippen LogP contribution in [0.4, 0.5) is 17.1 Å². The third-order valence-electron chi connectivity index (χ3n) is 9.34. The summed E-state index contributed by atoms with van der Waals surface area (Å²) in [4.78, 5) is 8.00. The highest BCUT2D eigenvalue weighted by Crippen LogP contribution is 2.52. The Labute approximate surface area is 232 Å². The van der Waals surface area contributed by atoms with Crippen LogP contribution in [0, 0.1) is 6.92 Å². The molecule has 39 heavy (non-hydrogen) atoms. The lowest BCUT2D eigenvalue weighted by molar-refractivity contribution is 0.332. The van der Waals surface area contributed by atoms with Crippen LogP contribution in [0.3, 0.4) is 0 Å². The van der Waals surface area contributed by atoms with Crippen molar-refractivity contribution in [3.63, 3.8) is 0 Å². The van der Waals surface area contributed by atoms with Crippen molar-refractivity contribution in [3.8, 4) is 0 Å². The minimum absolute atomic E-state index is 0.122. The number of aryl methyl sites for hydroxylation is 1. The molecule has 1 aliphatic carbocycles. The first-order valence-corrected chi connectivity index (χ1v) is 14.2. The summed E-state index contributed by atoms with van der Waals surface area (Å²) in [7, 11) is 2.24. The van der Waals surface area contributed by atoms with Gasteiger partial charge in [0.2, 0.25) is 0 Å². The molecule has 5 aromatic rings. The molecule has 2 aliphatic rings. The van der Waals surface area contributed by atoms with E-state index in [0.717, 1.165) is 17.0 Å². The number of benzene rings is 5. The smallest absolute Gasteiger partial charge is 0.0877 e. The van der Waals surface area contributed by atoms with E-state index in [2.05, 4.69) is 131 Å². The first-order chi connectivity index (χ1) is 18.7. The normalized spacial score (nSPS) is 17.3. The van der Waals surface area contributed by atoms with Gasteiger partial charge in [0.05, 0.1) is 22.8 Å². The summed E-state index contributed by atoms with van der Waals surface area (Å²) in [6.07, 6.45) is 2.38. The van der Waals surface area contributed by atoms with Crippen LogP contribution in [0.25, 0.3) is 21.5 Å². The van der Waals surface area contributed by atoms with Crippen molar-refractivity contribution in [2.24, 2.45) is 4.99 Å². The summed E-state index contributed by atoms with van der Waals surface area (Å²) < 4.78 is 0. The van der Waals surface area contributed by atoms with E-state index < -0.39 is 0 Å². The number of fused-ring (bicyclic) bond motifs is 8. The van der Waals surface area contributed by atoms with Crippen molar-refractivity contribution >= 4 is 44.3 Å². The fourth-order valence-corrected chi connectivity index (χ4v) is 6.88. The molecule has 0 fully saturated rings. The molecule has 0 spiro atoms. The molecule has 194 valence electrons. The second-order valence-corrected chi connectivity index (χ2v) is 12.9. The Morgan fingerprint density at radius 3 is 1.85 bits per heavy atom.